The van der Waals surface area contributed by atoms with Gasteiger partial charge in [-0.3, -0.25) is 4.79 Å². The molecule has 2 nitrogen and oxygen atoms in total. The average Bonchev–Trinajstić information content (AvgIpc) is 2.82. The van der Waals surface area contributed by atoms with Gasteiger partial charge in [0.05, 0.1) is 0 Å². The lowest BCUT2D eigenvalue weighted by atomic mass is 10.1. The zero-order valence-corrected chi connectivity index (χ0v) is 10.8. The molecule has 3 heteroatoms. The summed E-state index contributed by atoms with van der Waals surface area (Å²) in [5.74, 6) is 0.220. The molecule has 0 saturated heterocycles. The van der Waals surface area contributed by atoms with Crippen molar-refractivity contribution in [1.29, 1.82) is 0 Å². The quantitative estimate of drug-likeness (QED) is 0.572. The Balaban J connectivity index is 2.06. The van der Waals surface area contributed by atoms with Gasteiger partial charge in [0.1, 0.15) is 0 Å². The molecule has 2 aromatic rings. The Morgan fingerprint density at radius 2 is 2.24 bits per heavy atom. The molecule has 0 aliphatic carbocycles. The summed E-state index contributed by atoms with van der Waals surface area (Å²) in [5, 5.41) is 3.19. The highest BCUT2D eigenvalue weighted by Gasteiger charge is 2.10. The second-order valence-corrected chi connectivity index (χ2v) is 4.78. The van der Waals surface area contributed by atoms with Gasteiger partial charge in [0, 0.05) is 29.9 Å². The van der Waals surface area contributed by atoms with Crippen molar-refractivity contribution in [3.63, 3.8) is 0 Å². The van der Waals surface area contributed by atoms with Gasteiger partial charge in [-0.25, -0.2) is 0 Å². The standard InChI is InChI=1S/C14H16O2S/c1-2-16-9-4-7-13(15)12-6-3-5-11-8-10-17-14(11)12/h3,5-6,8,10H,2,4,7,9H2,1H3. The average molecular weight is 248 g/mol. The van der Waals surface area contributed by atoms with Crippen LogP contribution in [0.3, 0.4) is 0 Å². The van der Waals surface area contributed by atoms with Crippen LogP contribution < -0.4 is 0 Å². The van der Waals surface area contributed by atoms with Crippen molar-refractivity contribution >= 4 is 27.2 Å². The largest absolute Gasteiger partial charge is 0.382 e. The maximum absolute atomic E-state index is 12.1. The minimum absolute atomic E-state index is 0.220. The van der Waals surface area contributed by atoms with E-state index in [0.717, 1.165) is 22.1 Å². The summed E-state index contributed by atoms with van der Waals surface area (Å²) in [6.45, 7) is 3.35. The van der Waals surface area contributed by atoms with Gasteiger partial charge >= 0.3 is 0 Å². The molecule has 90 valence electrons. The van der Waals surface area contributed by atoms with E-state index in [1.807, 2.05) is 30.5 Å². The number of hydrogen-bond acceptors (Lipinski definition) is 3. The number of fused-ring (bicyclic) bond motifs is 1. The van der Waals surface area contributed by atoms with Crippen LogP contribution in [0.4, 0.5) is 0 Å². The summed E-state index contributed by atoms with van der Waals surface area (Å²) in [6.07, 6.45) is 1.37. The number of Topliss-reactive ketones (excluding diaryl/α,β-unsaturated/α-hetero) is 1. The molecule has 1 heterocycles. The van der Waals surface area contributed by atoms with Crippen molar-refractivity contribution in [3.8, 4) is 0 Å². The van der Waals surface area contributed by atoms with Gasteiger partial charge in [-0.15, -0.1) is 11.3 Å². The molecule has 0 amide bonds. The van der Waals surface area contributed by atoms with E-state index in [4.69, 9.17) is 4.74 Å². The van der Waals surface area contributed by atoms with E-state index in [2.05, 4.69) is 6.07 Å². The lowest BCUT2D eigenvalue weighted by molar-refractivity contribution is 0.0949. The van der Waals surface area contributed by atoms with Crippen molar-refractivity contribution in [2.24, 2.45) is 0 Å². The molecule has 0 fully saturated rings. The Bertz CT molecular complexity index is 502. The maximum atomic E-state index is 12.1. The van der Waals surface area contributed by atoms with Crippen molar-refractivity contribution < 1.29 is 9.53 Å². The topological polar surface area (TPSA) is 26.3 Å². The fourth-order valence-electron chi connectivity index (χ4n) is 1.83. The summed E-state index contributed by atoms with van der Waals surface area (Å²) in [7, 11) is 0. The minimum atomic E-state index is 0.220. The highest BCUT2D eigenvalue weighted by molar-refractivity contribution is 7.17. The molecule has 0 unspecified atom stereocenters. The first-order valence-corrected chi connectivity index (χ1v) is 6.78. The Hall–Kier alpha value is -1.19. The first kappa shape index (κ1) is 12.3. The third-order valence-corrected chi connectivity index (χ3v) is 3.64. The van der Waals surface area contributed by atoms with E-state index in [0.29, 0.717) is 19.6 Å². The summed E-state index contributed by atoms with van der Waals surface area (Å²) in [5.41, 5.74) is 0.856. The van der Waals surface area contributed by atoms with Gasteiger partial charge in [-0.05, 0) is 36.2 Å². The van der Waals surface area contributed by atoms with Crippen LogP contribution in [0.15, 0.2) is 29.6 Å². The molecule has 0 aliphatic heterocycles. The van der Waals surface area contributed by atoms with E-state index in [1.165, 1.54) is 0 Å². The van der Waals surface area contributed by atoms with Crippen LogP contribution in [0.1, 0.15) is 30.1 Å². The van der Waals surface area contributed by atoms with E-state index in [1.54, 1.807) is 11.3 Å². The number of thiophene rings is 1. The number of carbonyl (C=O) groups is 1. The van der Waals surface area contributed by atoms with Crippen molar-refractivity contribution in [1.82, 2.24) is 0 Å². The molecule has 0 atom stereocenters. The predicted octanol–water partition coefficient (Wildman–Crippen LogP) is 3.90. The zero-order chi connectivity index (χ0) is 12.1. The van der Waals surface area contributed by atoms with Gasteiger partial charge < -0.3 is 4.74 Å². The lowest BCUT2D eigenvalue weighted by Gasteiger charge is -2.03. The van der Waals surface area contributed by atoms with Crippen LogP contribution in [0.2, 0.25) is 0 Å². The number of carbonyl (C=O) groups excluding carboxylic acids is 1. The van der Waals surface area contributed by atoms with Crippen LogP contribution in [-0.4, -0.2) is 19.0 Å². The molecule has 0 spiro atoms. The summed E-state index contributed by atoms with van der Waals surface area (Å²) in [6, 6.07) is 7.96. The fourth-order valence-corrected chi connectivity index (χ4v) is 2.76. The molecule has 0 bridgehead atoms. The second kappa shape index (κ2) is 5.94. The molecular formula is C14H16O2S. The number of hydrogen-bond donors (Lipinski definition) is 0. The molecule has 0 N–H and O–H groups in total. The van der Waals surface area contributed by atoms with Crippen LogP contribution >= 0.6 is 11.3 Å². The maximum Gasteiger partial charge on any atom is 0.164 e. The van der Waals surface area contributed by atoms with E-state index < -0.39 is 0 Å². The third-order valence-electron chi connectivity index (χ3n) is 2.68. The Morgan fingerprint density at radius 1 is 1.35 bits per heavy atom. The molecule has 1 aromatic carbocycles. The molecular weight excluding hydrogens is 232 g/mol. The number of ketones is 1. The van der Waals surface area contributed by atoms with Crippen molar-refractivity contribution in [2.75, 3.05) is 13.2 Å². The predicted molar refractivity (Wildman–Crippen MR) is 71.9 cm³/mol. The van der Waals surface area contributed by atoms with Crippen LogP contribution in [0.25, 0.3) is 10.1 Å². The van der Waals surface area contributed by atoms with Crippen molar-refractivity contribution in [2.45, 2.75) is 19.8 Å². The second-order valence-electron chi connectivity index (χ2n) is 3.87. The summed E-state index contributed by atoms with van der Waals surface area (Å²) < 4.78 is 6.35. The third kappa shape index (κ3) is 2.93. The number of benzene rings is 1. The van der Waals surface area contributed by atoms with Crippen LogP contribution in [0.5, 0.6) is 0 Å². The van der Waals surface area contributed by atoms with Gasteiger partial charge in [-0.2, -0.15) is 0 Å². The smallest absolute Gasteiger partial charge is 0.164 e. The van der Waals surface area contributed by atoms with Crippen molar-refractivity contribution in [3.05, 3.63) is 35.2 Å². The van der Waals surface area contributed by atoms with E-state index in [9.17, 15) is 4.79 Å². The molecule has 0 aliphatic rings. The number of rotatable bonds is 6. The fraction of sp³-hybridized carbons (Fsp3) is 0.357. The molecule has 0 saturated carbocycles. The molecule has 1 aromatic heterocycles. The normalized spacial score (nSPS) is 10.9. The molecule has 17 heavy (non-hydrogen) atoms. The Labute approximate surface area is 105 Å². The lowest BCUT2D eigenvalue weighted by Crippen LogP contribution is -2.02. The van der Waals surface area contributed by atoms with Gasteiger partial charge in [-0.1, -0.05) is 12.1 Å². The number of ether oxygens (including phenoxy) is 1. The van der Waals surface area contributed by atoms with Crippen LogP contribution in [0, 0.1) is 0 Å². The zero-order valence-electron chi connectivity index (χ0n) is 9.94. The summed E-state index contributed by atoms with van der Waals surface area (Å²) in [4.78, 5) is 12.1. The van der Waals surface area contributed by atoms with Gasteiger partial charge in [0.2, 0.25) is 0 Å². The Morgan fingerprint density at radius 3 is 3.06 bits per heavy atom. The highest BCUT2D eigenvalue weighted by Crippen LogP contribution is 2.25. The van der Waals surface area contributed by atoms with E-state index >= 15 is 0 Å². The first-order chi connectivity index (χ1) is 8.33. The monoisotopic (exact) mass is 248 g/mol. The van der Waals surface area contributed by atoms with Crippen LogP contribution in [-0.2, 0) is 4.74 Å². The van der Waals surface area contributed by atoms with E-state index in [-0.39, 0.29) is 5.78 Å². The SMILES string of the molecule is CCOCCCC(=O)c1cccc2ccsc12. The summed E-state index contributed by atoms with van der Waals surface area (Å²) >= 11 is 1.63. The first-order valence-electron chi connectivity index (χ1n) is 5.90. The minimum Gasteiger partial charge on any atom is -0.382 e. The van der Waals surface area contributed by atoms with Gasteiger partial charge in [0.25, 0.3) is 0 Å². The molecule has 2 rings (SSSR count). The highest BCUT2D eigenvalue weighted by atomic mass is 32.1. The Kier molecular flexibility index (Phi) is 4.29. The molecule has 0 radical (unpaired) electrons. The van der Waals surface area contributed by atoms with Gasteiger partial charge in [0.15, 0.2) is 5.78 Å².